The quantitative estimate of drug-likeness (QED) is 0.767. The first-order valence-electron chi connectivity index (χ1n) is 5.83. The zero-order valence-electron chi connectivity index (χ0n) is 10.6. The fraction of sp³-hybridized carbons (Fsp3) is 0.250. The number of ether oxygens (including phenoxy) is 1. The van der Waals surface area contributed by atoms with E-state index in [0.717, 1.165) is 5.75 Å². The predicted molar refractivity (Wildman–Crippen MR) is 70.3 cm³/mol. The van der Waals surface area contributed by atoms with Gasteiger partial charge in [-0.05, 0) is 61.2 Å². The summed E-state index contributed by atoms with van der Waals surface area (Å²) >= 11 is 0. The Kier molecular flexibility index (Phi) is 3.48. The van der Waals surface area contributed by atoms with E-state index in [2.05, 4.69) is 39.0 Å². The van der Waals surface area contributed by atoms with Crippen LogP contribution in [0, 0.1) is 26.8 Å². The second-order valence-corrected chi connectivity index (χ2v) is 4.32. The Morgan fingerprint density at radius 1 is 0.941 bits per heavy atom. The highest BCUT2D eigenvalue weighted by Crippen LogP contribution is 2.19. The molecule has 0 fully saturated rings. The molecule has 0 spiro atoms. The zero-order chi connectivity index (χ0) is 12.3. The van der Waals surface area contributed by atoms with Gasteiger partial charge in [0.2, 0.25) is 0 Å². The second-order valence-electron chi connectivity index (χ2n) is 4.32. The van der Waals surface area contributed by atoms with Crippen LogP contribution in [0.2, 0.25) is 0 Å². The molecule has 0 saturated heterocycles. The van der Waals surface area contributed by atoms with E-state index in [4.69, 9.17) is 4.74 Å². The van der Waals surface area contributed by atoms with Gasteiger partial charge in [-0.1, -0.05) is 24.3 Å². The van der Waals surface area contributed by atoms with Gasteiger partial charge < -0.3 is 4.74 Å². The topological polar surface area (TPSA) is 9.23 Å². The molecule has 0 aliphatic rings. The lowest BCUT2D eigenvalue weighted by Gasteiger charge is -2.12. The predicted octanol–water partition coefficient (Wildman–Crippen LogP) is 3.99. The van der Waals surface area contributed by atoms with Crippen molar-refractivity contribution in [3.05, 3.63) is 64.7 Å². The lowest BCUT2D eigenvalue weighted by Crippen LogP contribution is -2.00. The largest absolute Gasteiger partial charge is 0.489 e. The Morgan fingerprint density at radius 2 is 1.65 bits per heavy atom. The summed E-state index contributed by atoms with van der Waals surface area (Å²) in [5, 5.41) is 0. The van der Waals surface area contributed by atoms with E-state index in [-0.39, 0.29) is 0 Å². The van der Waals surface area contributed by atoms with Gasteiger partial charge in [0, 0.05) is 0 Å². The van der Waals surface area contributed by atoms with Gasteiger partial charge in [-0.2, -0.15) is 0 Å². The average Bonchev–Trinajstić information content (AvgIpc) is 2.36. The molecule has 0 bridgehead atoms. The minimum absolute atomic E-state index is 0.622. The van der Waals surface area contributed by atoms with E-state index >= 15 is 0 Å². The van der Waals surface area contributed by atoms with Crippen LogP contribution in [-0.4, -0.2) is 0 Å². The van der Waals surface area contributed by atoms with Crippen molar-refractivity contribution in [3.8, 4) is 5.75 Å². The highest BCUT2D eigenvalue weighted by atomic mass is 16.5. The molecule has 0 aliphatic heterocycles. The van der Waals surface area contributed by atoms with Crippen LogP contribution in [0.4, 0.5) is 0 Å². The van der Waals surface area contributed by atoms with Crippen LogP contribution in [0.15, 0.2) is 36.4 Å². The second kappa shape index (κ2) is 5.05. The van der Waals surface area contributed by atoms with Crippen LogP contribution in [0.3, 0.4) is 0 Å². The van der Waals surface area contributed by atoms with Crippen LogP contribution in [0.25, 0.3) is 0 Å². The fourth-order valence-electron chi connectivity index (χ4n) is 1.80. The first-order chi connectivity index (χ1) is 8.18. The van der Waals surface area contributed by atoms with E-state index in [1.807, 2.05) is 24.3 Å². The van der Waals surface area contributed by atoms with Crippen molar-refractivity contribution >= 4 is 0 Å². The molecular weight excluding hydrogens is 208 g/mol. The Labute approximate surface area is 103 Å². The van der Waals surface area contributed by atoms with Gasteiger partial charge in [0.1, 0.15) is 12.4 Å². The summed E-state index contributed by atoms with van der Waals surface area (Å²) in [6.07, 6.45) is 0. The van der Waals surface area contributed by atoms with Crippen molar-refractivity contribution in [1.82, 2.24) is 0 Å². The zero-order valence-corrected chi connectivity index (χ0v) is 10.6. The van der Waals surface area contributed by atoms with Crippen molar-refractivity contribution < 1.29 is 4.74 Å². The Hall–Kier alpha value is -1.76. The molecule has 87 valence electrons. The van der Waals surface area contributed by atoms with Crippen LogP contribution in [0.5, 0.6) is 5.75 Å². The highest BCUT2D eigenvalue weighted by Gasteiger charge is 2.04. The average molecular weight is 225 g/mol. The highest BCUT2D eigenvalue weighted by molar-refractivity contribution is 5.38. The van der Waals surface area contributed by atoms with E-state index in [1.54, 1.807) is 0 Å². The Balaban J connectivity index is 2.13. The van der Waals surface area contributed by atoms with Crippen LogP contribution < -0.4 is 4.74 Å². The summed E-state index contributed by atoms with van der Waals surface area (Å²) in [5.41, 5.74) is 5.27. The number of hydrogen-bond donors (Lipinski definition) is 0. The van der Waals surface area contributed by atoms with E-state index in [1.165, 1.54) is 22.3 Å². The molecule has 0 unspecified atom stereocenters. The normalized spacial score (nSPS) is 10.3. The Bertz CT molecular complexity index is 500. The van der Waals surface area contributed by atoms with Gasteiger partial charge in [-0.25, -0.2) is 0 Å². The van der Waals surface area contributed by atoms with Crippen LogP contribution >= 0.6 is 0 Å². The van der Waals surface area contributed by atoms with E-state index in [0.29, 0.717) is 6.61 Å². The summed E-state index contributed by atoms with van der Waals surface area (Å²) < 4.78 is 5.75. The molecule has 0 aliphatic carbocycles. The summed E-state index contributed by atoms with van der Waals surface area (Å²) in [4.78, 5) is 0. The van der Waals surface area contributed by atoms with Gasteiger partial charge in [0.05, 0.1) is 0 Å². The molecule has 1 radical (unpaired) electrons. The molecule has 1 heteroatoms. The van der Waals surface area contributed by atoms with Gasteiger partial charge >= 0.3 is 0 Å². The van der Waals surface area contributed by atoms with Crippen LogP contribution in [-0.2, 0) is 6.61 Å². The lowest BCUT2D eigenvalue weighted by molar-refractivity contribution is 0.305. The van der Waals surface area contributed by atoms with Gasteiger partial charge in [-0.3, -0.25) is 0 Å². The van der Waals surface area contributed by atoms with Gasteiger partial charge in [-0.15, -0.1) is 0 Å². The molecule has 0 amide bonds. The summed E-state index contributed by atoms with van der Waals surface area (Å²) in [6, 6.07) is 14.9. The number of benzene rings is 2. The van der Waals surface area contributed by atoms with Crippen molar-refractivity contribution in [1.29, 1.82) is 0 Å². The molecule has 2 aromatic rings. The Morgan fingerprint density at radius 3 is 2.35 bits per heavy atom. The third-order valence-corrected chi connectivity index (χ3v) is 3.25. The number of aryl methyl sites for hydroxylation is 1. The maximum absolute atomic E-state index is 5.75. The molecule has 17 heavy (non-hydrogen) atoms. The van der Waals surface area contributed by atoms with E-state index in [9.17, 15) is 0 Å². The minimum Gasteiger partial charge on any atom is -0.489 e. The van der Waals surface area contributed by atoms with Crippen molar-refractivity contribution in [2.45, 2.75) is 27.4 Å². The molecule has 0 aromatic heterocycles. The molecule has 2 rings (SSSR count). The molecule has 0 saturated carbocycles. The minimum atomic E-state index is 0.622. The number of rotatable bonds is 3. The molecule has 0 atom stereocenters. The summed E-state index contributed by atoms with van der Waals surface area (Å²) in [6.45, 7) is 7.07. The van der Waals surface area contributed by atoms with Crippen molar-refractivity contribution in [3.63, 3.8) is 0 Å². The molecular formula is C16H17O. The van der Waals surface area contributed by atoms with Crippen molar-refractivity contribution in [2.75, 3.05) is 0 Å². The first kappa shape index (κ1) is 11.7. The maximum atomic E-state index is 5.75. The molecule has 0 N–H and O–H groups in total. The maximum Gasteiger partial charge on any atom is 0.119 e. The third-order valence-electron chi connectivity index (χ3n) is 3.25. The van der Waals surface area contributed by atoms with E-state index < -0.39 is 0 Å². The molecule has 0 heterocycles. The summed E-state index contributed by atoms with van der Waals surface area (Å²) in [7, 11) is 0. The number of hydrogen-bond acceptors (Lipinski definition) is 1. The molecule has 2 aromatic carbocycles. The van der Waals surface area contributed by atoms with Gasteiger partial charge in [0.25, 0.3) is 0 Å². The molecule has 1 nitrogen and oxygen atoms in total. The standard InChI is InChI=1S/C16H17O/c1-12-9-10-15(14(3)13(12)2)11-17-16-7-5-4-6-8-16/h5-10H,11H2,1-3H3. The van der Waals surface area contributed by atoms with Gasteiger partial charge in [0.15, 0.2) is 0 Å². The van der Waals surface area contributed by atoms with Crippen molar-refractivity contribution in [2.24, 2.45) is 0 Å². The lowest BCUT2D eigenvalue weighted by atomic mass is 9.99. The summed E-state index contributed by atoms with van der Waals surface area (Å²) in [5.74, 6) is 0.890. The third kappa shape index (κ3) is 2.68. The fourth-order valence-corrected chi connectivity index (χ4v) is 1.80. The first-order valence-corrected chi connectivity index (χ1v) is 5.83. The smallest absolute Gasteiger partial charge is 0.119 e. The van der Waals surface area contributed by atoms with Crippen LogP contribution in [0.1, 0.15) is 22.3 Å². The SMILES string of the molecule is Cc1ccc(COc2cc[c]cc2)c(C)c1C. The monoisotopic (exact) mass is 225 g/mol.